The van der Waals surface area contributed by atoms with Crippen LogP contribution < -0.4 is 5.73 Å². The maximum Gasteiger partial charge on any atom is 0.276 e. The number of pyridine rings is 1. The Kier molecular flexibility index (Phi) is 4.15. The maximum absolute atomic E-state index is 12.5. The summed E-state index contributed by atoms with van der Waals surface area (Å²) < 4.78 is 5.40. The summed E-state index contributed by atoms with van der Waals surface area (Å²) in [7, 11) is 0. The van der Waals surface area contributed by atoms with E-state index in [1.165, 1.54) is 11.1 Å². The molecule has 0 aromatic carbocycles. The van der Waals surface area contributed by atoms with Crippen molar-refractivity contribution < 1.29 is 14.0 Å². The van der Waals surface area contributed by atoms with Crippen LogP contribution in [0, 0.1) is 5.92 Å². The SMILES string of the molecule is C[C@H]1[C@@H](C(N)=O)CN1C(=O)c1coc(Cc2ccc(-n3nccn3)cn2)n1. The molecule has 27 heavy (non-hydrogen) atoms. The van der Waals surface area contributed by atoms with Gasteiger partial charge in [-0.25, -0.2) is 4.98 Å². The quantitative estimate of drug-likeness (QED) is 0.680. The average Bonchev–Trinajstić information content (AvgIpc) is 3.32. The molecular weight excluding hydrogens is 350 g/mol. The first-order valence-corrected chi connectivity index (χ1v) is 8.39. The maximum atomic E-state index is 12.5. The molecule has 0 bridgehead atoms. The van der Waals surface area contributed by atoms with Crippen molar-refractivity contribution in [3.63, 3.8) is 0 Å². The smallest absolute Gasteiger partial charge is 0.276 e. The summed E-state index contributed by atoms with van der Waals surface area (Å²) in [6.45, 7) is 2.10. The number of likely N-dealkylation sites (tertiary alicyclic amines) is 1. The fraction of sp³-hybridized carbons (Fsp3) is 0.294. The standard InChI is InChI=1S/C17H17N7O3/c1-10-13(16(18)25)8-23(10)17(26)14-9-27-15(22-14)6-11-2-3-12(7-19-11)24-20-4-5-21-24/h2-5,7,9-10,13H,6,8H2,1H3,(H2,18,25)/t10-,13-/m0/s1. The highest BCUT2D eigenvalue weighted by Gasteiger charge is 2.43. The number of rotatable bonds is 5. The number of aromatic nitrogens is 5. The van der Waals surface area contributed by atoms with Gasteiger partial charge in [0, 0.05) is 18.3 Å². The van der Waals surface area contributed by atoms with E-state index in [9.17, 15) is 9.59 Å². The van der Waals surface area contributed by atoms with E-state index in [-0.39, 0.29) is 23.6 Å². The molecule has 1 saturated heterocycles. The van der Waals surface area contributed by atoms with Gasteiger partial charge in [0.05, 0.1) is 30.9 Å². The molecule has 1 fully saturated rings. The minimum Gasteiger partial charge on any atom is -0.448 e. The molecule has 4 heterocycles. The van der Waals surface area contributed by atoms with E-state index in [0.717, 1.165) is 11.4 Å². The molecule has 138 valence electrons. The number of carbonyl (C=O) groups is 2. The second-order valence-corrected chi connectivity index (χ2v) is 6.34. The predicted octanol–water partition coefficient (Wildman–Crippen LogP) is 0.187. The van der Waals surface area contributed by atoms with Gasteiger partial charge in [0.25, 0.3) is 5.91 Å². The number of amides is 2. The lowest BCUT2D eigenvalue weighted by Gasteiger charge is -2.44. The molecule has 1 aliphatic heterocycles. The van der Waals surface area contributed by atoms with Gasteiger partial charge in [-0.1, -0.05) is 0 Å². The Balaban J connectivity index is 1.41. The molecule has 0 radical (unpaired) electrons. The highest BCUT2D eigenvalue weighted by Crippen LogP contribution is 2.26. The summed E-state index contributed by atoms with van der Waals surface area (Å²) in [6.07, 6.45) is 6.49. The van der Waals surface area contributed by atoms with Gasteiger partial charge in [-0.05, 0) is 19.1 Å². The Labute approximate surface area is 154 Å². The van der Waals surface area contributed by atoms with E-state index < -0.39 is 5.91 Å². The zero-order chi connectivity index (χ0) is 19.0. The summed E-state index contributed by atoms with van der Waals surface area (Å²) in [4.78, 5) is 35.3. The Hall–Kier alpha value is -3.56. The molecule has 2 amide bonds. The fourth-order valence-corrected chi connectivity index (χ4v) is 2.99. The number of hydrogen-bond donors (Lipinski definition) is 1. The van der Waals surface area contributed by atoms with Crippen molar-refractivity contribution in [2.45, 2.75) is 19.4 Å². The molecule has 0 aliphatic carbocycles. The van der Waals surface area contributed by atoms with E-state index >= 15 is 0 Å². The molecule has 3 aromatic rings. The number of carbonyl (C=O) groups excluding carboxylic acids is 2. The Morgan fingerprint density at radius 1 is 1.30 bits per heavy atom. The first-order chi connectivity index (χ1) is 13.0. The molecular formula is C17H17N7O3. The van der Waals surface area contributed by atoms with Crippen LogP contribution in [0.2, 0.25) is 0 Å². The molecule has 10 nitrogen and oxygen atoms in total. The summed E-state index contributed by atoms with van der Waals surface area (Å²) in [5, 5.41) is 8.08. The van der Waals surface area contributed by atoms with Crippen molar-refractivity contribution in [3.8, 4) is 5.69 Å². The van der Waals surface area contributed by atoms with E-state index in [2.05, 4.69) is 20.2 Å². The van der Waals surface area contributed by atoms with E-state index in [1.54, 1.807) is 30.4 Å². The topological polar surface area (TPSA) is 133 Å². The van der Waals surface area contributed by atoms with Crippen molar-refractivity contribution in [2.24, 2.45) is 11.7 Å². The number of nitrogens with two attached hydrogens (primary N) is 1. The third kappa shape index (κ3) is 3.16. The van der Waals surface area contributed by atoms with E-state index in [4.69, 9.17) is 10.2 Å². The van der Waals surface area contributed by atoms with Gasteiger partial charge in [-0.3, -0.25) is 14.6 Å². The van der Waals surface area contributed by atoms with Crippen molar-refractivity contribution in [2.75, 3.05) is 6.54 Å². The van der Waals surface area contributed by atoms with Gasteiger partial charge in [-0.2, -0.15) is 15.0 Å². The summed E-state index contributed by atoms with van der Waals surface area (Å²) in [6, 6.07) is 3.42. The lowest BCUT2D eigenvalue weighted by atomic mass is 9.89. The Morgan fingerprint density at radius 2 is 2.07 bits per heavy atom. The highest BCUT2D eigenvalue weighted by molar-refractivity contribution is 5.94. The normalized spacial score (nSPS) is 18.9. The summed E-state index contributed by atoms with van der Waals surface area (Å²) >= 11 is 0. The first-order valence-electron chi connectivity index (χ1n) is 8.39. The van der Waals surface area contributed by atoms with Crippen LogP contribution >= 0.6 is 0 Å². The van der Waals surface area contributed by atoms with Crippen LogP contribution in [0.4, 0.5) is 0 Å². The molecule has 0 unspecified atom stereocenters. The third-order valence-corrected chi connectivity index (χ3v) is 4.66. The molecule has 2 N–H and O–H groups in total. The van der Waals surface area contributed by atoms with Crippen LogP contribution in [-0.2, 0) is 11.2 Å². The van der Waals surface area contributed by atoms with E-state index in [1.807, 2.05) is 12.1 Å². The third-order valence-electron chi connectivity index (χ3n) is 4.66. The average molecular weight is 367 g/mol. The van der Waals surface area contributed by atoms with Crippen LogP contribution in [0.5, 0.6) is 0 Å². The Bertz CT molecular complexity index is 965. The van der Waals surface area contributed by atoms with Gasteiger partial charge >= 0.3 is 0 Å². The molecule has 4 rings (SSSR count). The van der Waals surface area contributed by atoms with Gasteiger partial charge < -0.3 is 15.1 Å². The van der Waals surface area contributed by atoms with Crippen LogP contribution in [0.15, 0.2) is 41.4 Å². The molecule has 10 heteroatoms. The van der Waals surface area contributed by atoms with Crippen molar-refractivity contribution in [1.82, 2.24) is 29.9 Å². The number of primary amides is 1. The molecule has 1 aliphatic rings. The van der Waals surface area contributed by atoms with Gasteiger partial charge in [0.15, 0.2) is 5.69 Å². The summed E-state index contributed by atoms with van der Waals surface area (Å²) in [5.41, 5.74) is 6.97. The van der Waals surface area contributed by atoms with Crippen LogP contribution in [0.1, 0.15) is 29.0 Å². The van der Waals surface area contributed by atoms with Crippen molar-refractivity contribution in [3.05, 3.63) is 54.3 Å². The zero-order valence-corrected chi connectivity index (χ0v) is 14.5. The van der Waals surface area contributed by atoms with Crippen molar-refractivity contribution >= 4 is 11.8 Å². The van der Waals surface area contributed by atoms with Crippen LogP contribution in [0.25, 0.3) is 5.69 Å². The van der Waals surface area contributed by atoms with Crippen LogP contribution in [0.3, 0.4) is 0 Å². The monoisotopic (exact) mass is 367 g/mol. The number of oxazole rings is 1. The van der Waals surface area contributed by atoms with Gasteiger partial charge in [0.1, 0.15) is 12.0 Å². The highest BCUT2D eigenvalue weighted by atomic mass is 16.3. The molecule has 0 saturated carbocycles. The number of hydrogen-bond acceptors (Lipinski definition) is 7. The second kappa shape index (κ2) is 6.63. The van der Waals surface area contributed by atoms with Crippen LogP contribution in [-0.4, -0.2) is 54.3 Å². The van der Waals surface area contributed by atoms with Crippen molar-refractivity contribution in [1.29, 1.82) is 0 Å². The lowest BCUT2D eigenvalue weighted by molar-refractivity contribution is -0.128. The largest absolute Gasteiger partial charge is 0.448 e. The Morgan fingerprint density at radius 3 is 2.70 bits per heavy atom. The fourth-order valence-electron chi connectivity index (χ4n) is 2.99. The zero-order valence-electron chi connectivity index (χ0n) is 14.5. The second-order valence-electron chi connectivity index (χ2n) is 6.34. The summed E-state index contributed by atoms with van der Waals surface area (Å²) in [5.74, 6) is -0.599. The number of nitrogens with zero attached hydrogens (tertiary/aromatic N) is 6. The van der Waals surface area contributed by atoms with Gasteiger partial charge in [0.2, 0.25) is 11.8 Å². The van der Waals surface area contributed by atoms with Gasteiger partial charge in [-0.15, -0.1) is 0 Å². The lowest BCUT2D eigenvalue weighted by Crippen LogP contribution is -2.61. The first kappa shape index (κ1) is 16.9. The minimum absolute atomic E-state index is 0.206. The molecule has 2 atom stereocenters. The minimum atomic E-state index is -0.396. The predicted molar refractivity (Wildman–Crippen MR) is 91.6 cm³/mol. The molecule has 0 spiro atoms. The molecule has 3 aromatic heterocycles. The van der Waals surface area contributed by atoms with E-state index in [0.29, 0.717) is 18.9 Å².